The number of piperidine rings is 2. The third-order valence-corrected chi connectivity index (χ3v) is 2.80. The highest BCUT2D eigenvalue weighted by Crippen LogP contribution is 2.21. The molecule has 0 amide bonds. The number of carbonyl (C=O) groups is 1. The zero-order valence-electron chi connectivity index (χ0n) is 7.81. The van der Waals surface area contributed by atoms with Crippen molar-refractivity contribution in [1.29, 1.82) is 0 Å². The van der Waals surface area contributed by atoms with Gasteiger partial charge in [0.2, 0.25) is 0 Å². The summed E-state index contributed by atoms with van der Waals surface area (Å²) in [6.45, 7) is 2.10. The normalized spacial score (nSPS) is 30.3. The number of hydrogen-bond donors (Lipinski definition) is 2. The van der Waals surface area contributed by atoms with E-state index in [4.69, 9.17) is 5.11 Å². The lowest BCUT2D eigenvalue weighted by Gasteiger charge is -2.45. The highest BCUT2D eigenvalue weighted by atomic mass is 35.5. The monoisotopic (exact) mass is 242 g/mol. The Morgan fingerprint density at radius 3 is 2.50 bits per heavy atom. The zero-order valence-corrected chi connectivity index (χ0v) is 9.44. The topological polar surface area (TPSA) is 52.6 Å². The first-order chi connectivity index (χ1) is 5.75. The van der Waals surface area contributed by atoms with Gasteiger partial charge in [0, 0.05) is 25.2 Å². The minimum atomic E-state index is -0.706. The van der Waals surface area contributed by atoms with Crippen LogP contribution in [0.5, 0.6) is 0 Å². The van der Waals surface area contributed by atoms with Crippen LogP contribution < -0.4 is 5.32 Å². The molecule has 84 valence electrons. The standard InChI is InChI=1S/C8H14N2O2.2ClH/c11-8(12)5-10-4-6-1-2-7(10)3-9-6;;/h6-7,9H,1-5H2,(H,11,12);2*1H. The predicted octanol–water partition coefficient (Wildman–Crippen LogP) is 0.351. The van der Waals surface area contributed by atoms with E-state index in [0.717, 1.165) is 19.5 Å². The van der Waals surface area contributed by atoms with Gasteiger partial charge in [0.1, 0.15) is 0 Å². The summed E-state index contributed by atoms with van der Waals surface area (Å²) in [4.78, 5) is 12.6. The first-order valence-corrected chi connectivity index (χ1v) is 4.45. The minimum Gasteiger partial charge on any atom is -0.480 e. The first kappa shape index (κ1) is 14.0. The van der Waals surface area contributed by atoms with Crippen molar-refractivity contribution in [3.63, 3.8) is 0 Å². The van der Waals surface area contributed by atoms with Crippen LogP contribution in [0.4, 0.5) is 0 Å². The Labute approximate surface area is 95.9 Å². The number of aliphatic carboxylic acids is 1. The Morgan fingerprint density at radius 1 is 1.43 bits per heavy atom. The van der Waals surface area contributed by atoms with E-state index in [1.54, 1.807) is 0 Å². The summed E-state index contributed by atoms with van der Waals surface area (Å²) >= 11 is 0. The number of hydrogen-bond acceptors (Lipinski definition) is 3. The average Bonchev–Trinajstić information content (AvgIpc) is 2.05. The van der Waals surface area contributed by atoms with Crippen molar-refractivity contribution in [3.05, 3.63) is 0 Å². The van der Waals surface area contributed by atoms with Crippen LogP contribution in [0.3, 0.4) is 0 Å². The van der Waals surface area contributed by atoms with E-state index >= 15 is 0 Å². The van der Waals surface area contributed by atoms with Crippen molar-refractivity contribution in [2.45, 2.75) is 24.9 Å². The number of nitrogens with zero attached hydrogens (tertiary/aromatic N) is 1. The molecule has 0 saturated carbocycles. The maximum atomic E-state index is 10.5. The number of rotatable bonds is 2. The molecule has 3 heterocycles. The van der Waals surface area contributed by atoms with Crippen LogP contribution in [0.1, 0.15) is 12.8 Å². The summed E-state index contributed by atoms with van der Waals surface area (Å²) in [6, 6.07) is 1.00. The van der Waals surface area contributed by atoms with E-state index < -0.39 is 5.97 Å². The number of piperazine rings is 1. The van der Waals surface area contributed by atoms with Crippen LogP contribution in [-0.4, -0.2) is 47.7 Å². The average molecular weight is 243 g/mol. The Bertz CT molecular complexity index is 196. The Hall–Kier alpha value is -0.0300. The molecule has 0 spiro atoms. The van der Waals surface area contributed by atoms with E-state index in [-0.39, 0.29) is 31.4 Å². The summed E-state index contributed by atoms with van der Waals surface area (Å²) in [6.07, 6.45) is 2.37. The molecule has 2 bridgehead atoms. The minimum absolute atomic E-state index is 0. The van der Waals surface area contributed by atoms with Crippen LogP contribution in [0.2, 0.25) is 0 Å². The lowest BCUT2D eigenvalue weighted by atomic mass is 9.93. The SMILES string of the molecule is Cl.Cl.O=C(O)CN1CC2CCC1CN2. The molecule has 3 aliphatic heterocycles. The smallest absolute Gasteiger partial charge is 0.317 e. The largest absolute Gasteiger partial charge is 0.480 e. The molecule has 3 aliphatic rings. The van der Waals surface area contributed by atoms with Crippen LogP contribution >= 0.6 is 24.8 Å². The number of carboxylic acid groups (broad SMARTS) is 1. The molecule has 3 rings (SSSR count). The molecule has 0 aromatic rings. The van der Waals surface area contributed by atoms with Gasteiger partial charge in [-0.3, -0.25) is 9.69 Å². The maximum Gasteiger partial charge on any atom is 0.317 e. The van der Waals surface area contributed by atoms with Crippen molar-refractivity contribution in [1.82, 2.24) is 10.2 Å². The summed E-state index contributed by atoms with van der Waals surface area (Å²) < 4.78 is 0. The number of nitrogens with one attached hydrogen (secondary N) is 1. The molecule has 6 heteroatoms. The van der Waals surface area contributed by atoms with Crippen molar-refractivity contribution in [3.8, 4) is 0 Å². The fraction of sp³-hybridized carbons (Fsp3) is 0.875. The van der Waals surface area contributed by atoms with Gasteiger partial charge in [0.25, 0.3) is 0 Å². The van der Waals surface area contributed by atoms with Gasteiger partial charge in [-0.1, -0.05) is 0 Å². The molecule has 0 aliphatic carbocycles. The van der Waals surface area contributed by atoms with Gasteiger partial charge in [0.05, 0.1) is 6.54 Å². The molecule has 3 fully saturated rings. The first-order valence-electron chi connectivity index (χ1n) is 4.45. The van der Waals surface area contributed by atoms with E-state index in [9.17, 15) is 4.79 Å². The number of carboxylic acids is 1. The highest BCUT2D eigenvalue weighted by molar-refractivity contribution is 5.85. The summed E-state index contributed by atoms with van der Waals surface area (Å²) in [5, 5.41) is 12.0. The van der Waals surface area contributed by atoms with Crippen LogP contribution in [-0.2, 0) is 4.79 Å². The van der Waals surface area contributed by atoms with Crippen LogP contribution in [0, 0.1) is 0 Å². The van der Waals surface area contributed by atoms with Gasteiger partial charge in [-0.25, -0.2) is 0 Å². The Kier molecular flexibility index (Phi) is 5.74. The maximum absolute atomic E-state index is 10.5. The van der Waals surface area contributed by atoms with Gasteiger partial charge in [-0.05, 0) is 12.8 Å². The second-order valence-electron chi connectivity index (χ2n) is 3.66. The van der Waals surface area contributed by atoms with Gasteiger partial charge in [-0.15, -0.1) is 24.8 Å². The van der Waals surface area contributed by atoms with E-state index in [1.807, 2.05) is 0 Å². The lowest BCUT2D eigenvalue weighted by molar-refractivity contribution is -0.139. The molecule has 2 atom stereocenters. The lowest BCUT2D eigenvalue weighted by Crippen LogP contribution is -2.61. The zero-order chi connectivity index (χ0) is 8.55. The van der Waals surface area contributed by atoms with E-state index in [2.05, 4.69) is 10.2 Å². The molecule has 2 unspecified atom stereocenters. The highest BCUT2D eigenvalue weighted by Gasteiger charge is 2.33. The van der Waals surface area contributed by atoms with Gasteiger partial charge < -0.3 is 10.4 Å². The molecule has 0 radical (unpaired) electrons. The second kappa shape index (κ2) is 5.75. The van der Waals surface area contributed by atoms with Crippen molar-refractivity contribution >= 4 is 30.8 Å². The molecular weight excluding hydrogens is 227 g/mol. The fourth-order valence-corrected chi connectivity index (χ4v) is 2.17. The Balaban J connectivity index is 0.000000845. The third-order valence-electron chi connectivity index (χ3n) is 2.80. The molecule has 14 heavy (non-hydrogen) atoms. The third kappa shape index (κ3) is 2.98. The van der Waals surface area contributed by atoms with Crippen LogP contribution in [0.15, 0.2) is 0 Å². The predicted molar refractivity (Wildman–Crippen MR) is 58.5 cm³/mol. The number of fused-ring (bicyclic) bond motifs is 3. The fourth-order valence-electron chi connectivity index (χ4n) is 2.17. The second-order valence-corrected chi connectivity index (χ2v) is 3.66. The van der Waals surface area contributed by atoms with E-state index in [1.165, 1.54) is 6.42 Å². The quantitative estimate of drug-likeness (QED) is 0.734. The molecule has 3 saturated heterocycles. The van der Waals surface area contributed by atoms with Gasteiger partial charge >= 0.3 is 5.97 Å². The molecule has 0 aromatic carbocycles. The van der Waals surface area contributed by atoms with Gasteiger partial charge in [-0.2, -0.15) is 0 Å². The number of halogens is 2. The van der Waals surface area contributed by atoms with Crippen LogP contribution in [0.25, 0.3) is 0 Å². The summed E-state index contributed by atoms with van der Waals surface area (Å²) in [7, 11) is 0. The summed E-state index contributed by atoms with van der Waals surface area (Å²) in [5.74, 6) is -0.706. The van der Waals surface area contributed by atoms with Crippen molar-refractivity contribution in [2.24, 2.45) is 0 Å². The summed E-state index contributed by atoms with van der Waals surface area (Å²) in [5.41, 5.74) is 0. The van der Waals surface area contributed by atoms with Gasteiger partial charge in [0.15, 0.2) is 0 Å². The molecule has 2 N–H and O–H groups in total. The Morgan fingerprint density at radius 2 is 2.14 bits per heavy atom. The van der Waals surface area contributed by atoms with Crippen molar-refractivity contribution < 1.29 is 9.90 Å². The van der Waals surface area contributed by atoms with Crippen molar-refractivity contribution in [2.75, 3.05) is 19.6 Å². The molecule has 0 aromatic heterocycles. The van der Waals surface area contributed by atoms with E-state index in [0.29, 0.717) is 12.1 Å². The molecule has 4 nitrogen and oxygen atoms in total. The molecular formula is C8H16Cl2N2O2.